The van der Waals surface area contributed by atoms with E-state index in [1.54, 1.807) is 6.07 Å². The van der Waals surface area contributed by atoms with Crippen molar-refractivity contribution in [2.75, 3.05) is 5.73 Å². The Balaban J connectivity index is 2.88. The molecule has 1 aromatic carbocycles. The molecule has 3 nitrogen and oxygen atoms in total. The highest BCUT2D eigenvalue weighted by Gasteiger charge is 2.07. The van der Waals surface area contributed by atoms with E-state index in [1.165, 1.54) is 0 Å². The maximum absolute atomic E-state index is 8.42. The molecular formula is C9H11N3. The summed E-state index contributed by atoms with van der Waals surface area (Å²) in [6.45, 7) is 0. The molecule has 1 aromatic rings. The van der Waals surface area contributed by atoms with Gasteiger partial charge in [-0.15, -0.1) is 0 Å². The first-order valence-corrected chi connectivity index (χ1v) is 3.72. The van der Waals surface area contributed by atoms with Crippen LogP contribution in [0, 0.1) is 11.3 Å². The molecule has 0 aromatic heterocycles. The van der Waals surface area contributed by atoms with Gasteiger partial charge in [0.25, 0.3) is 0 Å². The summed E-state index contributed by atoms with van der Waals surface area (Å²) >= 11 is 0. The molecule has 4 N–H and O–H groups in total. The molecule has 1 unspecified atom stereocenters. The van der Waals surface area contributed by atoms with Crippen molar-refractivity contribution in [1.29, 1.82) is 5.26 Å². The second kappa shape index (κ2) is 3.74. The van der Waals surface area contributed by atoms with E-state index in [9.17, 15) is 0 Å². The van der Waals surface area contributed by atoms with Gasteiger partial charge in [0.05, 0.1) is 12.5 Å². The molecule has 1 atom stereocenters. The first-order chi connectivity index (χ1) is 5.75. The number of nitrogen functional groups attached to an aromatic ring is 1. The van der Waals surface area contributed by atoms with E-state index in [-0.39, 0.29) is 6.04 Å². The predicted octanol–water partition coefficient (Wildman–Crippen LogP) is 1.18. The predicted molar refractivity (Wildman–Crippen MR) is 48.0 cm³/mol. The number of rotatable bonds is 2. The molecule has 0 aliphatic carbocycles. The Labute approximate surface area is 71.6 Å². The molecule has 0 saturated carbocycles. The maximum atomic E-state index is 8.42. The molecule has 0 aliphatic heterocycles. The van der Waals surface area contributed by atoms with E-state index in [4.69, 9.17) is 16.7 Å². The monoisotopic (exact) mass is 161 g/mol. The van der Waals surface area contributed by atoms with E-state index in [1.807, 2.05) is 24.3 Å². The zero-order valence-electron chi connectivity index (χ0n) is 6.70. The third-order valence-electron chi connectivity index (χ3n) is 1.71. The molecule has 0 bridgehead atoms. The summed E-state index contributed by atoms with van der Waals surface area (Å²) < 4.78 is 0. The van der Waals surface area contributed by atoms with Gasteiger partial charge in [0.15, 0.2) is 0 Å². The summed E-state index contributed by atoms with van der Waals surface area (Å²) in [5, 5.41) is 8.42. The lowest BCUT2D eigenvalue weighted by atomic mass is 10.0. The lowest BCUT2D eigenvalue weighted by Gasteiger charge is -2.09. The summed E-state index contributed by atoms with van der Waals surface area (Å²) in [7, 11) is 0. The largest absolute Gasteiger partial charge is 0.398 e. The molecule has 0 spiro atoms. The van der Waals surface area contributed by atoms with Crippen LogP contribution in [0.1, 0.15) is 18.0 Å². The van der Waals surface area contributed by atoms with E-state index < -0.39 is 0 Å². The Morgan fingerprint density at radius 1 is 1.42 bits per heavy atom. The van der Waals surface area contributed by atoms with Gasteiger partial charge >= 0.3 is 0 Å². The van der Waals surface area contributed by atoms with Crippen molar-refractivity contribution in [3.8, 4) is 6.07 Å². The van der Waals surface area contributed by atoms with Crippen molar-refractivity contribution in [2.45, 2.75) is 12.5 Å². The minimum Gasteiger partial charge on any atom is -0.398 e. The Morgan fingerprint density at radius 2 is 2.08 bits per heavy atom. The van der Waals surface area contributed by atoms with E-state index >= 15 is 0 Å². The highest BCUT2D eigenvalue weighted by molar-refractivity contribution is 5.48. The van der Waals surface area contributed by atoms with Crippen molar-refractivity contribution in [1.82, 2.24) is 0 Å². The quantitative estimate of drug-likeness (QED) is 0.639. The number of nitriles is 1. The third-order valence-corrected chi connectivity index (χ3v) is 1.71. The van der Waals surface area contributed by atoms with Crippen molar-refractivity contribution in [3.05, 3.63) is 29.8 Å². The van der Waals surface area contributed by atoms with Crippen LogP contribution < -0.4 is 11.5 Å². The Kier molecular flexibility index (Phi) is 2.67. The van der Waals surface area contributed by atoms with Gasteiger partial charge in [-0.05, 0) is 11.6 Å². The average Bonchev–Trinajstić information content (AvgIpc) is 2.05. The van der Waals surface area contributed by atoms with E-state index in [2.05, 4.69) is 0 Å². The number of benzene rings is 1. The molecule has 12 heavy (non-hydrogen) atoms. The average molecular weight is 161 g/mol. The second-order valence-electron chi connectivity index (χ2n) is 2.60. The topological polar surface area (TPSA) is 75.8 Å². The normalized spacial score (nSPS) is 12.0. The van der Waals surface area contributed by atoms with Crippen LogP contribution in [0.5, 0.6) is 0 Å². The number of para-hydroxylation sites is 1. The van der Waals surface area contributed by atoms with Crippen LogP contribution in [0.3, 0.4) is 0 Å². The standard InChI is InChI=1S/C9H11N3/c10-6-5-9(12)7-3-1-2-4-8(7)11/h1-4,9H,5,11-12H2. The Bertz CT molecular complexity index is 301. The van der Waals surface area contributed by atoms with Gasteiger partial charge in [-0.25, -0.2) is 0 Å². The first kappa shape index (κ1) is 8.57. The minimum atomic E-state index is -0.267. The number of hydrogen-bond acceptors (Lipinski definition) is 3. The van der Waals surface area contributed by atoms with Crippen LogP contribution in [0.25, 0.3) is 0 Å². The van der Waals surface area contributed by atoms with Crippen LogP contribution in [0.15, 0.2) is 24.3 Å². The molecule has 0 fully saturated rings. The summed E-state index contributed by atoms with van der Waals surface area (Å²) in [6, 6.07) is 9.08. The summed E-state index contributed by atoms with van der Waals surface area (Å²) in [4.78, 5) is 0. The zero-order chi connectivity index (χ0) is 8.97. The van der Waals surface area contributed by atoms with Crippen LogP contribution in [0.4, 0.5) is 5.69 Å². The van der Waals surface area contributed by atoms with Crippen molar-refractivity contribution >= 4 is 5.69 Å². The van der Waals surface area contributed by atoms with Crippen molar-refractivity contribution < 1.29 is 0 Å². The highest BCUT2D eigenvalue weighted by atomic mass is 14.7. The molecule has 3 heteroatoms. The van der Waals surface area contributed by atoms with Crippen molar-refractivity contribution in [3.63, 3.8) is 0 Å². The van der Waals surface area contributed by atoms with Gasteiger partial charge < -0.3 is 11.5 Å². The van der Waals surface area contributed by atoms with E-state index in [0.717, 1.165) is 5.56 Å². The summed E-state index contributed by atoms with van der Waals surface area (Å²) in [5.41, 5.74) is 12.9. The number of anilines is 1. The Morgan fingerprint density at radius 3 is 2.67 bits per heavy atom. The minimum absolute atomic E-state index is 0.267. The van der Waals surface area contributed by atoms with Crippen molar-refractivity contribution in [2.24, 2.45) is 5.73 Å². The fraction of sp³-hybridized carbons (Fsp3) is 0.222. The number of nitrogens with zero attached hydrogens (tertiary/aromatic N) is 1. The SMILES string of the molecule is N#CCC(N)c1ccccc1N. The molecule has 0 aliphatic rings. The molecule has 0 radical (unpaired) electrons. The molecule has 1 rings (SSSR count). The number of hydrogen-bond donors (Lipinski definition) is 2. The second-order valence-corrected chi connectivity index (χ2v) is 2.60. The van der Waals surface area contributed by atoms with Gasteiger partial charge in [-0.1, -0.05) is 18.2 Å². The molecule has 62 valence electrons. The van der Waals surface area contributed by atoms with Gasteiger partial charge in [-0.3, -0.25) is 0 Å². The maximum Gasteiger partial charge on any atom is 0.0641 e. The third kappa shape index (κ3) is 1.74. The van der Waals surface area contributed by atoms with Crippen LogP contribution in [-0.4, -0.2) is 0 Å². The fourth-order valence-corrected chi connectivity index (χ4v) is 1.06. The highest BCUT2D eigenvalue weighted by Crippen LogP contribution is 2.19. The van der Waals surface area contributed by atoms with E-state index in [0.29, 0.717) is 12.1 Å². The molecule has 0 saturated heterocycles. The van der Waals surface area contributed by atoms with Gasteiger partial charge in [-0.2, -0.15) is 5.26 Å². The Hall–Kier alpha value is -1.53. The van der Waals surface area contributed by atoms with Crippen LogP contribution >= 0.6 is 0 Å². The zero-order valence-corrected chi connectivity index (χ0v) is 6.70. The molecule has 0 amide bonds. The smallest absolute Gasteiger partial charge is 0.0641 e. The summed E-state index contributed by atoms with van der Waals surface area (Å²) in [5.74, 6) is 0. The van der Waals surface area contributed by atoms with Crippen LogP contribution in [-0.2, 0) is 0 Å². The van der Waals surface area contributed by atoms with Gasteiger partial charge in [0.2, 0.25) is 0 Å². The molecular weight excluding hydrogens is 150 g/mol. The first-order valence-electron chi connectivity index (χ1n) is 3.72. The molecule has 0 heterocycles. The lowest BCUT2D eigenvalue weighted by molar-refractivity contribution is 0.751. The van der Waals surface area contributed by atoms with Crippen LogP contribution in [0.2, 0.25) is 0 Å². The fourth-order valence-electron chi connectivity index (χ4n) is 1.06. The number of nitrogens with two attached hydrogens (primary N) is 2. The van der Waals surface area contributed by atoms with Gasteiger partial charge in [0.1, 0.15) is 0 Å². The summed E-state index contributed by atoms with van der Waals surface area (Å²) in [6.07, 6.45) is 0.300. The lowest BCUT2D eigenvalue weighted by Crippen LogP contribution is -2.11. The van der Waals surface area contributed by atoms with Gasteiger partial charge in [0, 0.05) is 11.7 Å².